The molecule has 2 nitrogen and oxygen atoms in total. The van der Waals surface area contributed by atoms with E-state index in [1.54, 1.807) is 0 Å². The molecule has 0 aromatic heterocycles. The molecule has 0 bridgehead atoms. The normalized spacial score (nSPS) is 10.3. The van der Waals surface area contributed by atoms with Gasteiger partial charge in [-0.15, -0.1) is 0 Å². The lowest BCUT2D eigenvalue weighted by Crippen LogP contribution is -2.05. The predicted molar refractivity (Wildman–Crippen MR) is 96.4 cm³/mol. The molecule has 0 saturated heterocycles. The number of carbonyl (C=O) groups excluding carboxylic acids is 1. The van der Waals surface area contributed by atoms with Gasteiger partial charge in [0, 0.05) is 12.6 Å². The molecule has 0 unspecified atom stereocenters. The zero-order chi connectivity index (χ0) is 16.2. The highest BCUT2D eigenvalue weighted by Crippen LogP contribution is 2.32. The van der Waals surface area contributed by atoms with Crippen LogP contribution in [0.4, 0.5) is 5.69 Å². The number of carbonyl (C=O) groups is 1. The number of rotatable bonds is 3. The summed E-state index contributed by atoms with van der Waals surface area (Å²) in [7, 11) is 0. The van der Waals surface area contributed by atoms with E-state index in [-0.39, 0.29) is 5.91 Å². The molecule has 0 fully saturated rings. The van der Waals surface area contributed by atoms with E-state index < -0.39 is 0 Å². The second kappa shape index (κ2) is 6.49. The maximum Gasteiger partial charge on any atom is 0.221 e. The lowest BCUT2D eigenvalue weighted by Gasteiger charge is -2.11. The Hall–Kier alpha value is -2.87. The van der Waals surface area contributed by atoms with Crippen molar-refractivity contribution in [3.8, 4) is 22.3 Å². The van der Waals surface area contributed by atoms with Gasteiger partial charge in [-0.05, 0) is 41.3 Å². The fourth-order valence-electron chi connectivity index (χ4n) is 2.66. The minimum absolute atomic E-state index is 0.0576. The average molecular weight is 301 g/mol. The SMILES string of the molecule is CC(=O)Nc1ccc(-c2ccccc2-c2ccc(C)cc2)cc1. The van der Waals surface area contributed by atoms with Crippen molar-refractivity contribution in [2.24, 2.45) is 0 Å². The van der Waals surface area contributed by atoms with Crippen LogP contribution in [0.1, 0.15) is 12.5 Å². The first kappa shape index (κ1) is 15.0. The van der Waals surface area contributed by atoms with Crippen molar-refractivity contribution in [2.75, 3.05) is 5.32 Å². The molecule has 114 valence electrons. The van der Waals surface area contributed by atoms with Crippen LogP contribution in [0.3, 0.4) is 0 Å². The van der Waals surface area contributed by atoms with Crippen LogP contribution in [-0.4, -0.2) is 5.91 Å². The largest absolute Gasteiger partial charge is 0.326 e. The predicted octanol–water partition coefficient (Wildman–Crippen LogP) is 5.29. The van der Waals surface area contributed by atoms with E-state index in [2.05, 4.69) is 60.8 Å². The Balaban J connectivity index is 2.00. The number of benzene rings is 3. The van der Waals surface area contributed by atoms with Gasteiger partial charge >= 0.3 is 0 Å². The molecular formula is C21H19NO. The van der Waals surface area contributed by atoms with Gasteiger partial charge in [-0.2, -0.15) is 0 Å². The Morgan fingerprint density at radius 2 is 1.22 bits per heavy atom. The quantitative estimate of drug-likeness (QED) is 0.700. The van der Waals surface area contributed by atoms with Crippen molar-refractivity contribution in [3.63, 3.8) is 0 Å². The molecule has 23 heavy (non-hydrogen) atoms. The first-order valence-corrected chi connectivity index (χ1v) is 7.67. The fourth-order valence-corrected chi connectivity index (χ4v) is 2.66. The van der Waals surface area contributed by atoms with Gasteiger partial charge in [0.05, 0.1) is 0 Å². The van der Waals surface area contributed by atoms with Crippen molar-refractivity contribution >= 4 is 11.6 Å². The van der Waals surface area contributed by atoms with Gasteiger partial charge in [-0.25, -0.2) is 0 Å². The molecule has 0 aliphatic carbocycles. The second-order valence-corrected chi connectivity index (χ2v) is 5.67. The third-order valence-electron chi connectivity index (χ3n) is 3.81. The molecule has 0 heterocycles. The molecular weight excluding hydrogens is 282 g/mol. The minimum atomic E-state index is -0.0576. The molecule has 0 spiro atoms. The third-order valence-corrected chi connectivity index (χ3v) is 3.81. The molecule has 0 aliphatic heterocycles. The molecule has 1 N–H and O–H groups in total. The summed E-state index contributed by atoms with van der Waals surface area (Å²) < 4.78 is 0. The number of anilines is 1. The highest BCUT2D eigenvalue weighted by molar-refractivity contribution is 5.89. The summed E-state index contributed by atoms with van der Waals surface area (Å²) in [4.78, 5) is 11.1. The number of hydrogen-bond donors (Lipinski definition) is 1. The lowest BCUT2D eigenvalue weighted by molar-refractivity contribution is -0.114. The number of amides is 1. The smallest absolute Gasteiger partial charge is 0.221 e. The Bertz CT molecular complexity index is 817. The van der Waals surface area contributed by atoms with Crippen LogP contribution in [0, 0.1) is 6.92 Å². The molecule has 1 amide bonds. The van der Waals surface area contributed by atoms with Gasteiger partial charge in [-0.3, -0.25) is 4.79 Å². The van der Waals surface area contributed by atoms with Gasteiger partial charge < -0.3 is 5.32 Å². The summed E-state index contributed by atoms with van der Waals surface area (Å²) in [5, 5.41) is 2.80. The Kier molecular flexibility index (Phi) is 4.24. The minimum Gasteiger partial charge on any atom is -0.326 e. The molecule has 2 heteroatoms. The maximum atomic E-state index is 11.1. The topological polar surface area (TPSA) is 29.1 Å². The molecule has 3 rings (SSSR count). The zero-order valence-corrected chi connectivity index (χ0v) is 13.3. The van der Waals surface area contributed by atoms with Crippen molar-refractivity contribution in [1.82, 2.24) is 0 Å². The Morgan fingerprint density at radius 1 is 0.739 bits per heavy atom. The number of hydrogen-bond acceptors (Lipinski definition) is 1. The Morgan fingerprint density at radius 3 is 1.70 bits per heavy atom. The zero-order valence-electron chi connectivity index (χ0n) is 13.3. The highest BCUT2D eigenvalue weighted by Gasteiger charge is 2.07. The molecule has 0 aliphatic rings. The lowest BCUT2D eigenvalue weighted by atomic mass is 9.94. The molecule has 0 atom stereocenters. The van der Waals surface area contributed by atoms with Crippen molar-refractivity contribution in [3.05, 3.63) is 78.4 Å². The van der Waals surface area contributed by atoms with E-state index >= 15 is 0 Å². The molecule has 3 aromatic rings. The Labute approximate surface area is 136 Å². The monoisotopic (exact) mass is 301 g/mol. The second-order valence-electron chi connectivity index (χ2n) is 5.67. The average Bonchev–Trinajstić information content (AvgIpc) is 2.56. The maximum absolute atomic E-state index is 11.1. The van der Waals surface area contributed by atoms with Crippen molar-refractivity contribution in [2.45, 2.75) is 13.8 Å². The fraction of sp³-hybridized carbons (Fsp3) is 0.0952. The van der Waals surface area contributed by atoms with E-state index in [1.165, 1.54) is 29.2 Å². The van der Waals surface area contributed by atoms with Crippen LogP contribution in [0.15, 0.2) is 72.8 Å². The van der Waals surface area contributed by atoms with Gasteiger partial charge in [0.1, 0.15) is 0 Å². The molecule has 0 radical (unpaired) electrons. The van der Waals surface area contributed by atoms with Crippen LogP contribution in [-0.2, 0) is 4.79 Å². The summed E-state index contributed by atoms with van der Waals surface area (Å²) >= 11 is 0. The van der Waals surface area contributed by atoms with E-state index in [0.29, 0.717) is 0 Å². The van der Waals surface area contributed by atoms with Crippen molar-refractivity contribution < 1.29 is 4.79 Å². The number of nitrogens with one attached hydrogen (secondary N) is 1. The van der Waals surface area contributed by atoms with Crippen LogP contribution in [0.2, 0.25) is 0 Å². The summed E-state index contributed by atoms with van der Waals surface area (Å²) in [6, 6.07) is 24.9. The highest BCUT2D eigenvalue weighted by atomic mass is 16.1. The van der Waals surface area contributed by atoms with Gasteiger partial charge in [0.15, 0.2) is 0 Å². The molecule has 3 aromatic carbocycles. The van der Waals surface area contributed by atoms with Gasteiger partial charge in [-0.1, -0.05) is 66.2 Å². The van der Waals surface area contributed by atoms with Crippen LogP contribution >= 0.6 is 0 Å². The summed E-state index contributed by atoms with van der Waals surface area (Å²) in [5.41, 5.74) is 6.80. The van der Waals surface area contributed by atoms with E-state index in [9.17, 15) is 4.79 Å². The first-order chi connectivity index (χ1) is 11.1. The third kappa shape index (κ3) is 3.49. The van der Waals surface area contributed by atoms with Gasteiger partial charge in [0.25, 0.3) is 0 Å². The standard InChI is InChI=1S/C21H19NO/c1-15-7-9-17(10-8-15)20-5-3-4-6-21(20)18-11-13-19(14-12-18)22-16(2)23/h3-14H,1-2H3,(H,22,23). The number of aryl methyl sites for hydroxylation is 1. The molecule has 0 saturated carbocycles. The van der Waals surface area contributed by atoms with Crippen LogP contribution in [0.5, 0.6) is 0 Å². The van der Waals surface area contributed by atoms with Gasteiger partial charge in [0.2, 0.25) is 5.91 Å². The van der Waals surface area contributed by atoms with E-state index in [4.69, 9.17) is 0 Å². The van der Waals surface area contributed by atoms with Crippen molar-refractivity contribution in [1.29, 1.82) is 0 Å². The van der Waals surface area contributed by atoms with Crippen LogP contribution in [0.25, 0.3) is 22.3 Å². The van der Waals surface area contributed by atoms with E-state index in [0.717, 1.165) is 11.3 Å². The summed E-state index contributed by atoms with van der Waals surface area (Å²) in [6.45, 7) is 3.61. The first-order valence-electron chi connectivity index (χ1n) is 7.67. The van der Waals surface area contributed by atoms with E-state index in [1.807, 2.05) is 24.3 Å². The summed E-state index contributed by atoms with van der Waals surface area (Å²) in [5.74, 6) is -0.0576. The van der Waals surface area contributed by atoms with Crippen LogP contribution < -0.4 is 5.32 Å². The summed E-state index contributed by atoms with van der Waals surface area (Å²) in [6.07, 6.45) is 0.